The molecule has 25 heavy (non-hydrogen) atoms. The Bertz CT molecular complexity index is 548. The summed E-state index contributed by atoms with van der Waals surface area (Å²) < 4.78 is 10.9. The van der Waals surface area contributed by atoms with Gasteiger partial charge in [0.15, 0.2) is 0 Å². The first-order valence-electron chi connectivity index (χ1n) is 9.15. The van der Waals surface area contributed by atoms with E-state index in [1.807, 2.05) is 37.3 Å². The highest BCUT2D eigenvalue weighted by molar-refractivity contribution is 5.88. The zero-order valence-corrected chi connectivity index (χ0v) is 15.3. The minimum Gasteiger partial charge on any atom is -0.466 e. The molecule has 1 fully saturated rings. The molecule has 1 aromatic carbocycles. The summed E-state index contributed by atoms with van der Waals surface area (Å²) in [6, 6.07) is 9.96. The Kier molecular flexibility index (Phi) is 7.66. The quantitative estimate of drug-likeness (QED) is 0.573. The maximum Gasteiger partial charge on any atom is 0.333 e. The second-order valence-corrected chi connectivity index (χ2v) is 6.96. The van der Waals surface area contributed by atoms with Gasteiger partial charge >= 0.3 is 5.97 Å². The molecule has 138 valence electrons. The number of ether oxygens (including phenoxy) is 2. The van der Waals surface area contributed by atoms with Crippen LogP contribution in [0.5, 0.6) is 0 Å². The second-order valence-electron chi connectivity index (χ2n) is 6.96. The summed E-state index contributed by atoms with van der Waals surface area (Å²) in [5.41, 5.74) is 1.37. The van der Waals surface area contributed by atoms with Crippen molar-refractivity contribution in [2.45, 2.75) is 57.8 Å². The number of carbonyl (C=O) groups excluding carboxylic acids is 1. The molecule has 1 aliphatic rings. The number of hydrogen-bond donors (Lipinski definition) is 1. The van der Waals surface area contributed by atoms with E-state index >= 15 is 0 Å². The number of methoxy groups -OCH3 is 1. The standard InChI is InChI=1S/C21H30O4/c1-15(16(2)21(23)24-3)19(22)20(18-12-8-5-9-13-18)25-14-17-10-6-4-7-11-17/h4,6-7,10-11,15,18-20,22H,2,5,8-9,12-14H2,1,3H3/t15-,19-,20-/m1/s1. The minimum atomic E-state index is -0.779. The Hall–Kier alpha value is -1.65. The van der Waals surface area contributed by atoms with Crippen molar-refractivity contribution in [2.75, 3.05) is 7.11 Å². The van der Waals surface area contributed by atoms with E-state index in [-0.39, 0.29) is 6.10 Å². The predicted octanol–water partition coefficient (Wildman–Crippen LogP) is 3.88. The lowest BCUT2D eigenvalue weighted by Crippen LogP contribution is -2.42. The maximum atomic E-state index is 11.8. The SMILES string of the molecule is C=C(C(=O)OC)[C@@H](C)[C@@H](O)[C@H](OCc1ccccc1)C1CCCCC1. The van der Waals surface area contributed by atoms with Crippen LogP contribution in [0.15, 0.2) is 42.5 Å². The van der Waals surface area contributed by atoms with Gasteiger partial charge in [0, 0.05) is 11.5 Å². The summed E-state index contributed by atoms with van der Waals surface area (Å²) in [5, 5.41) is 10.9. The third kappa shape index (κ3) is 5.41. The first-order valence-corrected chi connectivity index (χ1v) is 9.15. The van der Waals surface area contributed by atoms with Crippen molar-refractivity contribution in [2.24, 2.45) is 11.8 Å². The molecule has 1 saturated carbocycles. The molecule has 0 unspecified atom stereocenters. The van der Waals surface area contributed by atoms with Crippen LogP contribution in [0.2, 0.25) is 0 Å². The van der Waals surface area contributed by atoms with Gasteiger partial charge in [-0.25, -0.2) is 4.79 Å². The van der Waals surface area contributed by atoms with Crippen LogP contribution in [0, 0.1) is 11.8 Å². The molecule has 0 spiro atoms. The molecule has 4 heteroatoms. The van der Waals surface area contributed by atoms with Crippen LogP contribution >= 0.6 is 0 Å². The lowest BCUT2D eigenvalue weighted by atomic mass is 9.79. The smallest absolute Gasteiger partial charge is 0.333 e. The lowest BCUT2D eigenvalue weighted by Gasteiger charge is -2.36. The molecule has 4 nitrogen and oxygen atoms in total. The number of rotatable bonds is 8. The molecule has 0 bridgehead atoms. The maximum absolute atomic E-state index is 11.8. The first-order chi connectivity index (χ1) is 12.0. The summed E-state index contributed by atoms with van der Waals surface area (Å²) in [6.45, 7) is 6.07. The van der Waals surface area contributed by atoms with Crippen LogP contribution in [0.25, 0.3) is 0 Å². The normalized spacial score (nSPS) is 19.0. The van der Waals surface area contributed by atoms with Crippen LogP contribution in [0.1, 0.15) is 44.6 Å². The first kappa shape index (κ1) is 19.7. The van der Waals surface area contributed by atoms with Crippen molar-refractivity contribution in [3.05, 3.63) is 48.0 Å². The molecule has 0 amide bonds. The van der Waals surface area contributed by atoms with Crippen molar-refractivity contribution in [1.82, 2.24) is 0 Å². The molecular weight excluding hydrogens is 316 g/mol. The van der Waals surface area contributed by atoms with E-state index in [0.29, 0.717) is 18.1 Å². The van der Waals surface area contributed by atoms with Gasteiger partial charge in [0.2, 0.25) is 0 Å². The van der Waals surface area contributed by atoms with E-state index in [4.69, 9.17) is 9.47 Å². The fourth-order valence-corrected chi connectivity index (χ4v) is 3.55. The molecule has 0 aliphatic heterocycles. The van der Waals surface area contributed by atoms with Gasteiger partial charge in [-0.05, 0) is 24.3 Å². The van der Waals surface area contributed by atoms with E-state index in [0.717, 1.165) is 31.2 Å². The second kappa shape index (κ2) is 9.73. The summed E-state index contributed by atoms with van der Waals surface area (Å²) in [6.07, 6.45) is 4.57. The molecule has 0 heterocycles. The van der Waals surface area contributed by atoms with Crippen LogP contribution < -0.4 is 0 Å². The van der Waals surface area contributed by atoms with Gasteiger partial charge in [-0.15, -0.1) is 0 Å². The van der Waals surface area contributed by atoms with Crippen LogP contribution in [0.3, 0.4) is 0 Å². The largest absolute Gasteiger partial charge is 0.466 e. The highest BCUT2D eigenvalue weighted by Crippen LogP contribution is 2.33. The van der Waals surface area contributed by atoms with Crippen molar-refractivity contribution >= 4 is 5.97 Å². The summed E-state index contributed by atoms with van der Waals surface area (Å²) in [7, 11) is 1.33. The van der Waals surface area contributed by atoms with Crippen molar-refractivity contribution in [3.8, 4) is 0 Å². The third-order valence-electron chi connectivity index (χ3n) is 5.25. The fourth-order valence-electron chi connectivity index (χ4n) is 3.55. The van der Waals surface area contributed by atoms with Gasteiger partial charge in [0.1, 0.15) is 0 Å². The monoisotopic (exact) mass is 346 g/mol. The number of aliphatic hydroxyl groups excluding tert-OH is 1. The predicted molar refractivity (Wildman–Crippen MR) is 97.9 cm³/mol. The van der Waals surface area contributed by atoms with E-state index in [2.05, 4.69) is 6.58 Å². The summed E-state index contributed by atoms with van der Waals surface area (Å²) in [4.78, 5) is 11.8. The van der Waals surface area contributed by atoms with Gasteiger partial charge in [-0.3, -0.25) is 0 Å². The Morgan fingerprint density at radius 2 is 1.88 bits per heavy atom. The highest BCUT2D eigenvalue weighted by atomic mass is 16.5. The molecule has 2 rings (SSSR count). The number of aliphatic hydroxyl groups is 1. The Morgan fingerprint density at radius 3 is 2.48 bits per heavy atom. The average molecular weight is 346 g/mol. The summed E-state index contributed by atoms with van der Waals surface area (Å²) in [5.74, 6) is -0.576. The van der Waals surface area contributed by atoms with Gasteiger partial charge in [0.25, 0.3) is 0 Å². The molecule has 0 aromatic heterocycles. The van der Waals surface area contributed by atoms with Gasteiger partial charge in [-0.2, -0.15) is 0 Å². The van der Waals surface area contributed by atoms with Crippen molar-refractivity contribution in [3.63, 3.8) is 0 Å². The fraction of sp³-hybridized carbons (Fsp3) is 0.571. The third-order valence-corrected chi connectivity index (χ3v) is 5.25. The molecule has 1 aromatic rings. The Balaban J connectivity index is 2.09. The van der Waals surface area contributed by atoms with Crippen LogP contribution in [-0.4, -0.2) is 30.4 Å². The van der Waals surface area contributed by atoms with E-state index in [1.54, 1.807) is 0 Å². The van der Waals surface area contributed by atoms with Gasteiger partial charge < -0.3 is 14.6 Å². The average Bonchev–Trinajstić information content (AvgIpc) is 2.67. The minimum absolute atomic E-state index is 0.291. The summed E-state index contributed by atoms with van der Waals surface area (Å²) >= 11 is 0. The number of carbonyl (C=O) groups is 1. The molecule has 0 saturated heterocycles. The number of hydrogen-bond acceptors (Lipinski definition) is 4. The van der Waals surface area contributed by atoms with Crippen molar-refractivity contribution < 1.29 is 19.4 Å². The molecule has 1 aliphatic carbocycles. The van der Waals surface area contributed by atoms with Crippen molar-refractivity contribution in [1.29, 1.82) is 0 Å². The van der Waals surface area contributed by atoms with Gasteiger partial charge in [-0.1, -0.05) is 63.1 Å². The Labute approximate surface area is 150 Å². The van der Waals surface area contributed by atoms with E-state index < -0.39 is 18.0 Å². The van der Waals surface area contributed by atoms with Crippen LogP contribution in [-0.2, 0) is 20.9 Å². The highest BCUT2D eigenvalue weighted by Gasteiger charge is 2.35. The van der Waals surface area contributed by atoms with Crippen LogP contribution in [0.4, 0.5) is 0 Å². The zero-order valence-electron chi connectivity index (χ0n) is 15.3. The lowest BCUT2D eigenvalue weighted by molar-refractivity contribution is -0.138. The molecule has 1 N–H and O–H groups in total. The van der Waals surface area contributed by atoms with Gasteiger partial charge in [0.05, 0.1) is 25.9 Å². The van der Waals surface area contributed by atoms with E-state index in [1.165, 1.54) is 13.5 Å². The Morgan fingerprint density at radius 1 is 1.24 bits per heavy atom. The molecular formula is C21H30O4. The zero-order chi connectivity index (χ0) is 18.2. The molecule has 3 atom stereocenters. The van der Waals surface area contributed by atoms with E-state index in [9.17, 15) is 9.90 Å². The number of esters is 1. The topological polar surface area (TPSA) is 55.8 Å². The number of benzene rings is 1. The molecule has 0 radical (unpaired) electrons.